The van der Waals surface area contributed by atoms with E-state index in [0.717, 1.165) is 30.8 Å². The fourth-order valence-electron chi connectivity index (χ4n) is 2.63. The van der Waals surface area contributed by atoms with Crippen LogP contribution in [0.25, 0.3) is 5.57 Å². The molecule has 2 aliphatic rings. The van der Waals surface area contributed by atoms with Gasteiger partial charge in [0.1, 0.15) is 11.5 Å². The van der Waals surface area contributed by atoms with Crippen molar-refractivity contribution in [2.24, 2.45) is 5.10 Å². The number of nitrogens with zero attached hydrogens (tertiary/aromatic N) is 1. The molecule has 0 amide bonds. The number of allylic oxidation sites excluding steroid dienone is 4. The normalized spacial score (nSPS) is 23.4. The van der Waals surface area contributed by atoms with Crippen molar-refractivity contribution < 1.29 is 9.15 Å². The first-order valence-electron chi connectivity index (χ1n) is 8.11. The van der Waals surface area contributed by atoms with Crippen molar-refractivity contribution in [1.29, 1.82) is 0 Å². The first-order chi connectivity index (χ1) is 12.1. The Morgan fingerprint density at radius 2 is 2.28 bits per heavy atom. The zero-order valence-electron chi connectivity index (χ0n) is 13.5. The molecule has 25 heavy (non-hydrogen) atoms. The molecule has 2 atom stereocenters. The largest absolute Gasteiger partial charge is 0.455 e. The SMILES string of the molecule is S=C(NCC1CCCO1)N/N=C/c1ccc(C2=CC=C(Cl)C(Cl)C2)o1. The highest BCUT2D eigenvalue weighted by atomic mass is 35.5. The molecule has 1 aromatic rings. The lowest BCUT2D eigenvalue weighted by Gasteiger charge is -2.14. The number of nitrogens with one attached hydrogen (secondary N) is 2. The molecule has 2 heterocycles. The average molecular weight is 400 g/mol. The van der Waals surface area contributed by atoms with Gasteiger partial charge in [0.25, 0.3) is 0 Å². The number of hydrogen-bond acceptors (Lipinski definition) is 4. The number of rotatable bonds is 5. The van der Waals surface area contributed by atoms with Crippen LogP contribution in [0.3, 0.4) is 0 Å². The summed E-state index contributed by atoms with van der Waals surface area (Å²) in [6.45, 7) is 1.52. The summed E-state index contributed by atoms with van der Waals surface area (Å²) in [7, 11) is 0. The van der Waals surface area contributed by atoms with Crippen LogP contribution in [-0.4, -0.2) is 36.0 Å². The van der Waals surface area contributed by atoms with E-state index in [9.17, 15) is 0 Å². The third kappa shape index (κ3) is 5.31. The summed E-state index contributed by atoms with van der Waals surface area (Å²) in [6.07, 6.45) is 8.33. The van der Waals surface area contributed by atoms with Crippen LogP contribution in [0, 0.1) is 0 Å². The van der Waals surface area contributed by atoms with Gasteiger partial charge in [0.15, 0.2) is 5.11 Å². The highest BCUT2D eigenvalue weighted by molar-refractivity contribution is 7.80. The predicted octanol–water partition coefficient (Wildman–Crippen LogP) is 3.77. The summed E-state index contributed by atoms with van der Waals surface area (Å²) in [6, 6.07) is 3.73. The summed E-state index contributed by atoms with van der Waals surface area (Å²) in [5, 5.41) is 8.06. The fourth-order valence-corrected chi connectivity index (χ4v) is 3.14. The molecule has 5 nitrogen and oxygen atoms in total. The van der Waals surface area contributed by atoms with Gasteiger partial charge in [0.05, 0.1) is 17.7 Å². The summed E-state index contributed by atoms with van der Waals surface area (Å²) in [4.78, 5) is 0. The van der Waals surface area contributed by atoms with Gasteiger partial charge < -0.3 is 14.5 Å². The second-order valence-electron chi connectivity index (χ2n) is 5.83. The topological polar surface area (TPSA) is 58.8 Å². The molecule has 1 saturated heterocycles. The molecule has 0 aromatic carbocycles. The zero-order chi connectivity index (χ0) is 17.6. The highest BCUT2D eigenvalue weighted by Gasteiger charge is 2.18. The van der Waals surface area contributed by atoms with Gasteiger partial charge in [-0.3, -0.25) is 5.43 Å². The van der Waals surface area contributed by atoms with E-state index in [1.165, 1.54) is 0 Å². The quantitative estimate of drug-likeness (QED) is 0.341. The molecular formula is C17H19Cl2N3O2S. The monoisotopic (exact) mass is 399 g/mol. The second-order valence-corrected chi connectivity index (χ2v) is 7.20. The molecule has 1 aromatic heterocycles. The number of halogens is 2. The Bertz CT molecular complexity index is 709. The number of alkyl halides is 1. The summed E-state index contributed by atoms with van der Waals surface area (Å²) in [5.74, 6) is 1.38. The molecule has 0 saturated carbocycles. The summed E-state index contributed by atoms with van der Waals surface area (Å²) in [5.41, 5.74) is 3.77. The minimum absolute atomic E-state index is 0.210. The predicted molar refractivity (Wildman–Crippen MR) is 105 cm³/mol. The third-order valence-corrected chi connectivity index (χ3v) is 5.08. The van der Waals surface area contributed by atoms with Crippen molar-refractivity contribution in [2.45, 2.75) is 30.7 Å². The van der Waals surface area contributed by atoms with E-state index < -0.39 is 0 Å². The molecule has 3 rings (SSSR count). The second kappa shape index (κ2) is 8.85. The van der Waals surface area contributed by atoms with E-state index in [2.05, 4.69) is 15.8 Å². The molecule has 1 fully saturated rings. The van der Waals surface area contributed by atoms with E-state index >= 15 is 0 Å². The van der Waals surface area contributed by atoms with E-state index in [1.54, 1.807) is 12.3 Å². The smallest absolute Gasteiger partial charge is 0.187 e. The Labute approximate surface area is 162 Å². The lowest BCUT2D eigenvalue weighted by atomic mass is 10.0. The van der Waals surface area contributed by atoms with Crippen LogP contribution in [0.5, 0.6) is 0 Å². The van der Waals surface area contributed by atoms with Gasteiger partial charge in [-0.25, -0.2) is 0 Å². The van der Waals surface area contributed by atoms with Crippen molar-refractivity contribution in [3.63, 3.8) is 0 Å². The number of thiocarbonyl (C=S) groups is 1. The molecule has 8 heteroatoms. The number of furan rings is 1. The van der Waals surface area contributed by atoms with E-state index in [0.29, 0.717) is 28.9 Å². The van der Waals surface area contributed by atoms with Crippen molar-refractivity contribution in [3.8, 4) is 0 Å². The van der Waals surface area contributed by atoms with E-state index in [1.807, 2.05) is 18.2 Å². The average Bonchev–Trinajstić information content (AvgIpc) is 3.27. The van der Waals surface area contributed by atoms with Gasteiger partial charge in [0, 0.05) is 18.2 Å². The minimum Gasteiger partial charge on any atom is -0.455 e. The number of hydrazone groups is 1. The van der Waals surface area contributed by atoms with Crippen molar-refractivity contribution >= 4 is 52.3 Å². The molecule has 1 aliphatic heterocycles. The summed E-state index contributed by atoms with van der Waals surface area (Å²) >= 11 is 17.3. The van der Waals surface area contributed by atoms with Crippen LogP contribution in [-0.2, 0) is 4.74 Å². The lowest BCUT2D eigenvalue weighted by molar-refractivity contribution is 0.114. The van der Waals surface area contributed by atoms with Crippen molar-refractivity contribution in [2.75, 3.05) is 13.2 Å². The fraction of sp³-hybridized carbons (Fsp3) is 0.412. The first-order valence-corrected chi connectivity index (χ1v) is 9.33. The molecular weight excluding hydrogens is 381 g/mol. The summed E-state index contributed by atoms with van der Waals surface area (Å²) < 4.78 is 11.3. The van der Waals surface area contributed by atoms with Gasteiger partial charge in [-0.2, -0.15) is 5.10 Å². The maximum Gasteiger partial charge on any atom is 0.187 e. The minimum atomic E-state index is -0.210. The highest BCUT2D eigenvalue weighted by Crippen LogP contribution is 2.32. The Morgan fingerprint density at radius 1 is 1.40 bits per heavy atom. The maximum absolute atomic E-state index is 6.16. The van der Waals surface area contributed by atoms with Gasteiger partial charge in [-0.15, -0.1) is 11.6 Å². The van der Waals surface area contributed by atoms with Crippen LogP contribution in [0.1, 0.15) is 30.8 Å². The maximum atomic E-state index is 6.16. The molecule has 2 N–H and O–H groups in total. The lowest BCUT2D eigenvalue weighted by Crippen LogP contribution is -2.37. The van der Waals surface area contributed by atoms with Crippen molar-refractivity contribution in [1.82, 2.24) is 10.7 Å². The first kappa shape index (κ1) is 18.5. The molecule has 0 spiro atoms. The Kier molecular flexibility index (Phi) is 6.53. The van der Waals surface area contributed by atoms with Crippen molar-refractivity contribution in [3.05, 3.63) is 40.8 Å². The van der Waals surface area contributed by atoms with Gasteiger partial charge in [0.2, 0.25) is 0 Å². The Morgan fingerprint density at radius 3 is 3.04 bits per heavy atom. The molecule has 1 aliphatic carbocycles. The van der Waals surface area contributed by atoms with Crippen LogP contribution in [0.2, 0.25) is 0 Å². The zero-order valence-corrected chi connectivity index (χ0v) is 15.8. The Balaban J connectivity index is 1.47. The van der Waals surface area contributed by atoms with Crippen LogP contribution >= 0.6 is 35.4 Å². The van der Waals surface area contributed by atoms with Gasteiger partial charge in [-0.05, 0) is 55.3 Å². The number of ether oxygens (including phenoxy) is 1. The molecule has 134 valence electrons. The van der Waals surface area contributed by atoms with E-state index in [4.69, 9.17) is 44.6 Å². The number of hydrogen-bond donors (Lipinski definition) is 2. The van der Waals surface area contributed by atoms with Crippen LogP contribution < -0.4 is 10.7 Å². The Hall–Kier alpha value is -1.34. The van der Waals surface area contributed by atoms with Crippen LogP contribution in [0.4, 0.5) is 0 Å². The van der Waals surface area contributed by atoms with Gasteiger partial charge in [-0.1, -0.05) is 17.7 Å². The molecule has 0 bridgehead atoms. The molecule has 2 unspecified atom stereocenters. The third-order valence-electron chi connectivity index (χ3n) is 3.96. The van der Waals surface area contributed by atoms with Crippen LogP contribution in [0.15, 0.2) is 38.8 Å². The standard InChI is InChI=1S/C17H19Cl2N3O2S/c18-14-5-3-11(8-15(14)19)16-6-4-13(24-16)10-21-22-17(25)20-9-12-2-1-7-23-12/h3-6,10,12,15H,1-2,7-9H2,(H2,20,22,25)/b21-10+. The molecule has 0 radical (unpaired) electrons. The van der Waals surface area contributed by atoms with E-state index in [-0.39, 0.29) is 11.5 Å². The van der Waals surface area contributed by atoms with Gasteiger partial charge >= 0.3 is 0 Å².